The van der Waals surface area contributed by atoms with Crippen LogP contribution in [0.2, 0.25) is 0 Å². The first-order valence-electron chi connectivity index (χ1n) is 31.9. The van der Waals surface area contributed by atoms with Gasteiger partial charge in [-0.15, -0.1) is 0 Å². The fraction of sp³-hybridized carbons (Fsp3) is 0.100. The van der Waals surface area contributed by atoms with Crippen LogP contribution < -0.4 is 30.1 Å². The van der Waals surface area contributed by atoms with Gasteiger partial charge in [0, 0.05) is 23.0 Å². The summed E-state index contributed by atoms with van der Waals surface area (Å²) in [6.07, 6.45) is 5.76. The van der Waals surface area contributed by atoms with Gasteiger partial charge >= 0.3 is 0 Å². The summed E-state index contributed by atoms with van der Waals surface area (Å²) >= 11 is 0. The van der Waals surface area contributed by atoms with E-state index in [0.29, 0.717) is 22.7 Å². The van der Waals surface area contributed by atoms with E-state index < -0.39 is 31.6 Å². The van der Waals surface area contributed by atoms with Crippen LogP contribution in [-0.2, 0) is 10.8 Å². The number of aromatic nitrogens is 4. The first-order valence-corrected chi connectivity index (χ1v) is 31.4. The largest absolute Gasteiger partial charge is 0.458 e. The van der Waals surface area contributed by atoms with Gasteiger partial charge in [-0.3, -0.25) is 13.7 Å². The van der Waals surface area contributed by atoms with Crippen molar-refractivity contribution < 1.29 is 16.2 Å². The number of hydrogen-bond donors (Lipinski definition) is 0. The van der Waals surface area contributed by atoms with Crippen LogP contribution >= 0.6 is 0 Å². The third-order valence-corrected chi connectivity index (χ3v) is 22.1. The highest BCUT2D eigenvalue weighted by molar-refractivity contribution is 7.20. The van der Waals surface area contributed by atoms with E-state index >= 15 is 0 Å². The zero-order valence-electron chi connectivity index (χ0n) is 53.9. The number of ether oxygens (including phenoxy) is 1. The van der Waals surface area contributed by atoms with Crippen molar-refractivity contribution >= 4 is 61.7 Å². The number of fused-ring (bicyclic) bond motifs is 10. The van der Waals surface area contributed by atoms with Crippen LogP contribution in [-0.4, -0.2) is 22.2 Å². The molecule has 0 spiro atoms. The van der Waals surface area contributed by atoms with Gasteiger partial charge < -0.3 is 4.74 Å². The SMILES string of the molecule is [2H]c1c([2H])c([2H])c(-c2cc(C(C)(C)C)cc3c2-[n+]2[c-]n(-c4cccc(Oc5ccc6c7cc([Si](c8ccccc8)(c8ccccc8)c8ccccc8)ccc7n(-c7cc(C(C)(C)C)ccn7)c6c5)c4)c4cccc(c42)-c2ccccc2-c2ccccc2-3)c([2H])c1[2H]. The van der Waals surface area contributed by atoms with Crippen LogP contribution in [0.3, 0.4) is 0 Å². The molecule has 3 aromatic heterocycles. The second-order valence-electron chi connectivity index (χ2n) is 24.6. The highest BCUT2D eigenvalue weighted by Crippen LogP contribution is 2.47. The van der Waals surface area contributed by atoms with Crippen molar-refractivity contribution in [2.75, 3.05) is 0 Å². The maximum atomic E-state index is 9.52. The van der Waals surface area contributed by atoms with Gasteiger partial charge in [0.2, 0.25) is 0 Å². The lowest BCUT2D eigenvalue weighted by molar-refractivity contribution is -0.570. The Morgan fingerprint density at radius 3 is 1.65 bits per heavy atom. The van der Waals surface area contributed by atoms with Crippen LogP contribution in [0.4, 0.5) is 0 Å². The van der Waals surface area contributed by atoms with Crippen molar-refractivity contribution in [3.05, 3.63) is 297 Å². The van der Waals surface area contributed by atoms with Crippen LogP contribution in [0.1, 0.15) is 59.5 Å². The average molecular weight is 1130 g/mol. The maximum Gasteiger partial charge on any atom is 0.269 e. The Hall–Kier alpha value is -10.1. The molecule has 1 aliphatic rings. The summed E-state index contributed by atoms with van der Waals surface area (Å²) < 4.78 is 59.1. The van der Waals surface area contributed by atoms with Gasteiger partial charge in [0.05, 0.1) is 40.3 Å². The van der Waals surface area contributed by atoms with E-state index in [4.69, 9.17) is 13.8 Å². The fourth-order valence-corrected chi connectivity index (χ4v) is 17.9. The predicted octanol–water partition coefficient (Wildman–Crippen LogP) is 16.9. The number of hydrogen-bond acceptors (Lipinski definition) is 2. The Bertz CT molecular complexity index is 5120. The van der Waals surface area contributed by atoms with Crippen LogP contribution in [0.25, 0.3) is 94.5 Å². The maximum absolute atomic E-state index is 9.52. The summed E-state index contributed by atoms with van der Waals surface area (Å²) in [5.74, 6) is 2.06. The standard InChI is InChI=1S/C80H64N4OSi/c1-79(2,3)55-45-46-81-76(49-55)84-73-44-42-63(86(60-29-13-8-14-30-60,61-31-15-9-16-32-61)62-33-17-10-18-34-62)52-71(73)68-43-41-59(51-75(68)84)85-58-28-23-27-57(50-58)82-53-83-77-70(54-25-11-7-12-26-54)47-56(80(4,5)6)48-72(77)67-38-22-20-36-65(67)64-35-19-21-37-66(64)69-39-24-40-74(82)78(69)83/h7-52H,1-6H3/i7D,11D,12D,25D,26D. The Morgan fingerprint density at radius 2 is 1.01 bits per heavy atom. The Kier molecular flexibility index (Phi) is 11.3. The molecule has 0 unspecified atom stereocenters. The molecule has 0 bridgehead atoms. The minimum absolute atomic E-state index is 0.118. The highest BCUT2D eigenvalue weighted by Gasteiger charge is 2.42. The molecule has 6 heteroatoms. The van der Waals surface area contributed by atoms with Gasteiger partial charge in [0.25, 0.3) is 6.33 Å². The topological polar surface area (TPSA) is 35.9 Å². The predicted molar refractivity (Wildman–Crippen MR) is 359 cm³/mol. The molecule has 14 aromatic rings. The molecule has 0 saturated carbocycles. The second-order valence-corrected chi connectivity index (χ2v) is 28.4. The van der Waals surface area contributed by atoms with Crippen LogP contribution in [0.15, 0.2) is 279 Å². The number of pyridine rings is 1. The van der Waals surface area contributed by atoms with Crippen molar-refractivity contribution in [2.45, 2.75) is 52.4 Å². The van der Waals surface area contributed by atoms with Crippen molar-refractivity contribution in [3.63, 3.8) is 0 Å². The van der Waals surface area contributed by atoms with Gasteiger partial charge in [0.15, 0.2) is 8.07 Å². The molecule has 0 aliphatic carbocycles. The number of benzene rings is 11. The lowest BCUT2D eigenvalue weighted by atomic mass is 9.81. The van der Waals surface area contributed by atoms with Crippen molar-refractivity contribution in [2.24, 2.45) is 0 Å². The first-order chi connectivity index (χ1) is 44.0. The zero-order chi connectivity index (χ0) is 62.7. The van der Waals surface area contributed by atoms with Gasteiger partial charge in [-0.2, -0.15) is 0 Å². The molecule has 5 nitrogen and oxygen atoms in total. The normalized spacial score (nSPS) is 13.1. The lowest BCUT2D eigenvalue weighted by Gasteiger charge is -2.34. The van der Waals surface area contributed by atoms with Crippen molar-refractivity contribution in [1.29, 1.82) is 0 Å². The molecule has 86 heavy (non-hydrogen) atoms. The molecule has 0 amide bonds. The van der Waals surface area contributed by atoms with Gasteiger partial charge in [-0.1, -0.05) is 260 Å². The summed E-state index contributed by atoms with van der Waals surface area (Å²) in [5.41, 5.74) is 13.0. The summed E-state index contributed by atoms with van der Waals surface area (Å²) in [7, 11) is -2.91. The summed E-state index contributed by atoms with van der Waals surface area (Å²) in [4.78, 5) is 5.10. The van der Waals surface area contributed by atoms with Crippen molar-refractivity contribution in [3.8, 4) is 73.2 Å². The molecule has 0 atom stereocenters. The number of imidazole rings is 1. The quantitative estimate of drug-likeness (QED) is 0.0625. The molecule has 15 rings (SSSR count). The van der Waals surface area contributed by atoms with E-state index in [1.54, 1.807) is 0 Å². The van der Waals surface area contributed by atoms with Crippen molar-refractivity contribution in [1.82, 2.24) is 14.1 Å². The third-order valence-electron chi connectivity index (χ3n) is 17.3. The lowest BCUT2D eigenvalue weighted by Crippen LogP contribution is -2.74. The average Bonchev–Trinajstić information content (AvgIpc) is 1.63. The van der Waals surface area contributed by atoms with E-state index in [1.165, 1.54) is 26.3 Å². The summed E-state index contributed by atoms with van der Waals surface area (Å²) in [6.45, 7) is 13.1. The molecule has 414 valence electrons. The molecule has 4 heterocycles. The summed E-state index contributed by atoms with van der Waals surface area (Å²) in [6, 6.07) is 84.5. The summed E-state index contributed by atoms with van der Waals surface area (Å²) in [5, 5.41) is 7.36. The van der Waals surface area contributed by atoms with E-state index in [-0.39, 0.29) is 23.1 Å². The first kappa shape index (κ1) is 47.2. The zero-order valence-corrected chi connectivity index (χ0v) is 49.9. The third kappa shape index (κ3) is 8.73. The smallest absolute Gasteiger partial charge is 0.269 e. The number of rotatable bonds is 9. The highest BCUT2D eigenvalue weighted by atomic mass is 28.3. The number of para-hydroxylation sites is 1. The van der Waals surface area contributed by atoms with Gasteiger partial charge in [-0.05, 0) is 136 Å². The van der Waals surface area contributed by atoms with Gasteiger partial charge in [-0.25, -0.2) is 4.98 Å². The van der Waals surface area contributed by atoms with Gasteiger partial charge in [0.1, 0.15) is 17.3 Å². The molecule has 0 fully saturated rings. The van der Waals surface area contributed by atoms with E-state index in [2.05, 4.69) is 263 Å². The Balaban J connectivity index is 0.931. The molecule has 0 saturated heterocycles. The minimum Gasteiger partial charge on any atom is -0.458 e. The van der Waals surface area contributed by atoms with Crippen LogP contribution in [0, 0.1) is 6.33 Å². The molecular formula is C80H64N4OSi. The van der Waals surface area contributed by atoms with Crippen LogP contribution in [0.5, 0.6) is 11.5 Å². The molecule has 1 aliphatic heterocycles. The molecule has 11 aromatic carbocycles. The second kappa shape index (κ2) is 20.6. The minimum atomic E-state index is -2.91. The molecule has 0 radical (unpaired) electrons. The monoisotopic (exact) mass is 1130 g/mol. The van der Waals surface area contributed by atoms with E-state index in [9.17, 15) is 2.74 Å². The van der Waals surface area contributed by atoms with E-state index in [0.717, 1.165) is 83.3 Å². The Labute approximate surface area is 511 Å². The fourth-order valence-electron chi connectivity index (χ4n) is 13.2. The molecular weight excluding hydrogens is 1060 g/mol. The number of nitrogens with zero attached hydrogens (tertiary/aromatic N) is 4. The molecule has 0 N–H and O–H groups in total. The van der Waals surface area contributed by atoms with E-state index in [1.807, 2.05) is 47.2 Å². The Morgan fingerprint density at radius 1 is 0.442 bits per heavy atom.